The Morgan fingerprint density at radius 3 is 2.85 bits per heavy atom. The molecule has 2 rings (SSSR count). The molecule has 0 saturated carbocycles. The molecule has 1 aromatic carbocycles. The van der Waals surface area contributed by atoms with Gasteiger partial charge in [0.2, 0.25) is 0 Å². The van der Waals surface area contributed by atoms with Gasteiger partial charge in [-0.1, -0.05) is 11.8 Å². The first-order valence-corrected chi connectivity index (χ1v) is 8.05. The number of hydrogen-bond acceptors (Lipinski definition) is 4. The summed E-state index contributed by atoms with van der Waals surface area (Å²) in [6.45, 7) is 3.29. The Morgan fingerprint density at radius 1 is 1.35 bits per heavy atom. The first-order chi connectivity index (χ1) is 9.83. The molecule has 0 aliphatic carbocycles. The topological polar surface area (TPSA) is 32.7 Å². The van der Waals surface area contributed by atoms with E-state index in [0.29, 0.717) is 6.42 Å². The number of thioether (sulfide) groups is 1. The largest absolute Gasteiger partial charge is 0.496 e. The van der Waals surface area contributed by atoms with E-state index in [-0.39, 0.29) is 6.61 Å². The molecule has 1 heterocycles. The summed E-state index contributed by atoms with van der Waals surface area (Å²) in [5.41, 5.74) is 2.18. The van der Waals surface area contributed by atoms with Gasteiger partial charge >= 0.3 is 0 Å². The van der Waals surface area contributed by atoms with Gasteiger partial charge in [-0.15, -0.1) is 0 Å². The second kappa shape index (κ2) is 8.21. The Labute approximate surface area is 125 Å². The Kier molecular flexibility index (Phi) is 6.25. The molecule has 1 saturated heterocycles. The van der Waals surface area contributed by atoms with Crippen LogP contribution in [0.2, 0.25) is 0 Å². The second-order valence-electron chi connectivity index (χ2n) is 4.69. The number of ether oxygens (including phenoxy) is 1. The van der Waals surface area contributed by atoms with Crippen LogP contribution in [0.25, 0.3) is 0 Å². The van der Waals surface area contributed by atoms with Crippen molar-refractivity contribution in [2.24, 2.45) is 0 Å². The summed E-state index contributed by atoms with van der Waals surface area (Å²) in [5.74, 6) is 9.39. The van der Waals surface area contributed by atoms with Crippen molar-refractivity contribution in [2.75, 3.05) is 38.3 Å². The second-order valence-corrected chi connectivity index (χ2v) is 5.92. The maximum atomic E-state index is 8.77. The maximum absolute atomic E-state index is 8.77. The molecular formula is C16H21NO2S. The molecular weight excluding hydrogens is 270 g/mol. The Morgan fingerprint density at radius 2 is 2.15 bits per heavy atom. The molecule has 0 amide bonds. The molecule has 0 unspecified atom stereocenters. The third-order valence-electron chi connectivity index (χ3n) is 3.25. The van der Waals surface area contributed by atoms with Crippen LogP contribution in [-0.4, -0.2) is 48.3 Å². The SMILES string of the molecule is COc1ccc(C#CCCO)cc1CN1CCSCC1. The lowest BCUT2D eigenvalue weighted by atomic mass is 10.1. The summed E-state index contributed by atoms with van der Waals surface area (Å²) in [6, 6.07) is 6.06. The van der Waals surface area contributed by atoms with E-state index >= 15 is 0 Å². The number of aliphatic hydroxyl groups is 1. The minimum absolute atomic E-state index is 0.113. The molecule has 0 radical (unpaired) electrons. The standard InChI is InChI=1S/C16H21NO2S/c1-19-16-6-5-14(4-2-3-9-18)12-15(16)13-17-7-10-20-11-8-17/h5-6,12,18H,3,7-11,13H2,1H3. The van der Waals surface area contributed by atoms with E-state index in [1.165, 1.54) is 17.1 Å². The van der Waals surface area contributed by atoms with Crippen LogP contribution in [0.4, 0.5) is 0 Å². The molecule has 0 bridgehead atoms. The highest BCUT2D eigenvalue weighted by Gasteiger charge is 2.13. The van der Waals surface area contributed by atoms with Gasteiger partial charge in [0.1, 0.15) is 5.75 Å². The fourth-order valence-corrected chi connectivity index (χ4v) is 3.18. The van der Waals surface area contributed by atoms with E-state index < -0.39 is 0 Å². The van der Waals surface area contributed by atoms with E-state index in [9.17, 15) is 0 Å². The van der Waals surface area contributed by atoms with Gasteiger partial charge in [-0.25, -0.2) is 0 Å². The van der Waals surface area contributed by atoms with Crippen molar-refractivity contribution in [1.82, 2.24) is 4.90 Å². The number of aliphatic hydroxyl groups excluding tert-OH is 1. The molecule has 4 heteroatoms. The first-order valence-electron chi connectivity index (χ1n) is 6.90. The number of hydrogen-bond donors (Lipinski definition) is 1. The molecule has 1 aromatic rings. The van der Waals surface area contributed by atoms with Crippen molar-refractivity contribution in [3.63, 3.8) is 0 Å². The molecule has 0 spiro atoms. The van der Waals surface area contributed by atoms with Crippen molar-refractivity contribution in [2.45, 2.75) is 13.0 Å². The summed E-state index contributed by atoms with van der Waals surface area (Å²) in [7, 11) is 1.71. The van der Waals surface area contributed by atoms with Gasteiger partial charge in [0, 0.05) is 48.7 Å². The molecule has 1 fully saturated rings. The Hall–Kier alpha value is -1.15. The van der Waals surface area contributed by atoms with E-state index in [0.717, 1.165) is 30.9 Å². The first kappa shape index (κ1) is 15.2. The van der Waals surface area contributed by atoms with Crippen molar-refractivity contribution in [3.05, 3.63) is 29.3 Å². The minimum Gasteiger partial charge on any atom is -0.496 e. The van der Waals surface area contributed by atoms with Crippen molar-refractivity contribution in [1.29, 1.82) is 0 Å². The number of nitrogens with zero attached hydrogens (tertiary/aromatic N) is 1. The Balaban J connectivity index is 2.11. The van der Waals surface area contributed by atoms with Gasteiger partial charge < -0.3 is 9.84 Å². The molecule has 0 atom stereocenters. The van der Waals surface area contributed by atoms with Crippen LogP contribution in [0.15, 0.2) is 18.2 Å². The summed E-state index contributed by atoms with van der Waals surface area (Å²) >= 11 is 2.02. The fraction of sp³-hybridized carbons (Fsp3) is 0.500. The zero-order chi connectivity index (χ0) is 14.2. The van der Waals surface area contributed by atoms with Crippen LogP contribution >= 0.6 is 11.8 Å². The van der Waals surface area contributed by atoms with E-state index in [1.54, 1.807) is 7.11 Å². The quantitative estimate of drug-likeness (QED) is 0.860. The van der Waals surface area contributed by atoms with Gasteiger partial charge in [0.25, 0.3) is 0 Å². The van der Waals surface area contributed by atoms with Crippen LogP contribution in [-0.2, 0) is 6.54 Å². The molecule has 1 N–H and O–H groups in total. The predicted octanol–water partition coefficient (Wildman–Crippen LogP) is 1.98. The molecule has 1 aliphatic heterocycles. The summed E-state index contributed by atoms with van der Waals surface area (Å²) in [5, 5.41) is 8.77. The monoisotopic (exact) mass is 291 g/mol. The molecule has 1 aliphatic rings. The molecule has 0 aromatic heterocycles. The average Bonchev–Trinajstić information content (AvgIpc) is 2.49. The summed E-state index contributed by atoms with van der Waals surface area (Å²) in [4.78, 5) is 2.46. The zero-order valence-corrected chi connectivity index (χ0v) is 12.7. The van der Waals surface area contributed by atoms with E-state index in [1.807, 2.05) is 23.9 Å². The van der Waals surface area contributed by atoms with Gasteiger partial charge in [0.15, 0.2) is 0 Å². The zero-order valence-electron chi connectivity index (χ0n) is 11.9. The third kappa shape index (κ3) is 4.45. The summed E-state index contributed by atoms with van der Waals surface area (Å²) in [6.07, 6.45) is 0.519. The third-order valence-corrected chi connectivity index (χ3v) is 4.19. The molecule has 20 heavy (non-hydrogen) atoms. The lowest BCUT2D eigenvalue weighted by Crippen LogP contribution is -2.32. The van der Waals surface area contributed by atoms with Crippen LogP contribution in [0.1, 0.15) is 17.5 Å². The van der Waals surface area contributed by atoms with E-state index in [4.69, 9.17) is 9.84 Å². The normalized spacial score (nSPS) is 15.5. The van der Waals surface area contributed by atoms with Crippen molar-refractivity contribution in [3.8, 4) is 17.6 Å². The summed E-state index contributed by atoms with van der Waals surface area (Å²) < 4.78 is 5.45. The van der Waals surface area contributed by atoms with Crippen LogP contribution in [0.5, 0.6) is 5.75 Å². The van der Waals surface area contributed by atoms with Crippen LogP contribution in [0.3, 0.4) is 0 Å². The minimum atomic E-state index is 0.113. The fourth-order valence-electron chi connectivity index (χ4n) is 2.20. The number of methoxy groups -OCH3 is 1. The van der Waals surface area contributed by atoms with Crippen LogP contribution in [0, 0.1) is 11.8 Å². The highest BCUT2D eigenvalue weighted by atomic mass is 32.2. The smallest absolute Gasteiger partial charge is 0.123 e. The van der Waals surface area contributed by atoms with Gasteiger partial charge in [0.05, 0.1) is 13.7 Å². The van der Waals surface area contributed by atoms with Gasteiger partial charge in [-0.2, -0.15) is 11.8 Å². The van der Waals surface area contributed by atoms with Crippen molar-refractivity contribution < 1.29 is 9.84 Å². The lowest BCUT2D eigenvalue weighted by Gasteiger charge is -2.26. The maximum Gasteiger partial charge on any atom is 0.123 e. The van der Waals surface area contributed by atoms with E-state index in [2.05, 4.69) is 22.8 Å². The Bertz CT molecular complexity index is 487. The molecule has 108 valence electrons. The van der Waals surface area contributed by atoms with Crippen LogP contribution < -0.4 is 4.74 Å². The number of benzene rings is 1. The average molecular weight is 291 g/mol. The number of rotatable bonds is 4. The predicted molar refractivity (Wildman–Crippen MR) is 84.2 cm³/mol. The van der Waals surface area contributed by atoms with Crippen molar-refractivity contribution >= 4 is 11.8 Å². The van der Waals surface area contributed by atoms with Gasteiger partial charge in [-0.05, 0) is 18.2 Å². The highest BCUT2D eigenvalue weighted by molar-refractivity contribution is 7.99. The van der Waals surface area contributed by atoms with Gasteiger partial charge in [-0.3, -0.25) is 4.90 Å². The lowest BCUT2D eigenvalue weighted by molar-refractivity contribution is 0.288. The highest BCUT2D eigenvalue weighted by Crippen LogP contribution is 2.22. The molecule has 3 nitrogen and oxygen atoms in total.